The minimum atomic E-state index is -0.400. The molecular formula is C8H10ClN3S. The van der Waals surface area contributed by atoms with Crippen LogP contribution in [0.2, 0.25) is 0 Å². The Morgan fingerprint density at radius 3 is 3.15 bits per heavy atom. The second-order valence-electron chi connectivity index (χ2n) is 2.76. The van der Waals surface area contributed by atoms with Crippen LogP contribution in [0.4, 0.5) is 0 Å². The molecule has 0 aliphatic rings. The van der Waals surface area contributed by atoms with Gasteiger partial charge in [-0.25, -0.2) is 0 Å². The lowest BCUT2D eigenvalue weighted by atomic mass is 10.4. The molecule has 70 valence electrons. The van der Waals surface area contributed by atoms with Crippen LogP contribution in [0.15, 0.2) is 12.3 Å². The maximum Gasteiger partial charge on any atom is 0.115 e. The average molecular weight is 216 g/mol. The van der Waals surface area contributed by atoms with E-state index in [1.54, 1.807) is 11.3 Å². The number of nitrogens with two attached hydrogens (primary N) is 1. The Labute approximate surface area is 85.1 Å². The Kier molecular flexibility index (Phi) is 2.27. The smallest absolute Gasteiger partial charge is 0.115 e. The average Bonchev–Trinajstić information content (AvgIpc) is 2.60. The van der Waals surface area contributed by atoms with Crippen molar-refractivity contribution in [3.8, 4) is 0 Å². The van der Waals surface area contributed by atoms with E-state index in [1.807, 2.05) is 16.9 Å². The van der Waals surface area contributed by atoms with Crippen molar-refractivity contribution in [1.29, 1.82) is 0 Å². The van der Waals surface area contributed by atoms with Crippen molar-refractivity contribution < 1.29 is 0 Å². The molecule has 0 radical (unpaired) electrons. The van der Waals surface area contributed by atoms with Crippen LogP contribution in [-0.4, -0.2) is 9.78 Å². The summed E-state index contributed by atoms with van der Waals surface area (Å²) in [7, 11) is 0. The van der Waals surface area contributed by atoms with Gasteiger partial charge in [-0.15, -0.1) is 11.3 Å². The highest BCUT2D eigenvalue weighted by molar-refractivity contribution is 7.19. The van der Waals surface area contributed by atoms with Crippen LogP contribution in [0.1, 0.15) is 17.3 Å². The van der Waals surface area contributed by atoms with E-state index >= 15 is 0 Å². The van der Waals surface area contributed by atoms with Crippen molar-refractivity contribution in [1.82, 2.24) is 9.78 Å². The zero-order valence-corrected chi connectivity index (χ0v) is 8.77. The predicted molar refractivity (Wildman–Crippen MR) is 56.1 cm³/mol. The van der Waals surface area contributed by atoms with Crippen LogP contribution in [0.5, 0.6) is 0 Å². The zero-order valence-electron chi connectivity index (χ0n) is 7.20. The second kappa shape index (κ2) is 3.29. The van der Waals surface area contributed by atoms with E-state index in [0.29, 0.717) is 0 Å². The first-order valence-corrected chi connectivity index (χ1v) is 5.32. The number of thiophene rings is 1. The molecule has 0 aliphatic heterocycles. The monoisotopic (exact) mass is 215 g/mol. The van der Waals surface area contributed by atoms with Crippen LogP contribution in [0.3, 0.4) is 0 Å². The number of fused-ring (bicyclic) bond motifs is 1. The van der Waals surface area contributed by atoms with E-state index in [0.717, 1.165) is 21.6 Å². The molecule has 0 spiro atoms. The number of alkyl halides is 1. The Balaban J connectivity index is 2.56. The van der Waals surface area contributed by atoms with Crippen molar-refractivity contribution in [2.24, 2.45) is 5.73 Å². The van der Waals surface area contributed by atoms with Gasteiger partial charge in [0.2, 0.25) is 0 Å². The van der Waals surface area contributed by atoms with Gasteiger partial charge in [0.25, 0.3) is 0 Å². The number of hydrogen-bond donors (Lipinski definition) is 1. The Bertz CT molecular complexity index is 418. The first-order chi connectivity index (χ1) is 6.22. The molecule has 3 nitrogen and oxygen atoms in total. The summed E-state index contributed by atoms with van der Waals surface area (Å²) in [6, 6.07) is 2.01. The van der Waals surface area contributed by atoms with Gasteiger partial charge in [-0.1, -0.05) is 11.6 Å². The number of nitrogens with zero attached hydrogens (tertiary/aromatic N) is 2. The van der Waals surface area contributed by atoms with Gasteiger partial charge in [-0.05, 0) is 13.0 Å². The van der Waals surface area contributed by atoms with E-state index in [1.165, 1.54) is 0 Å². The van der Waals surface area contributed by atoms with Crippen LogP contribution in [0, 0.1) is 0 Å². The van der Waals surface area contributed by atoms with Crippen molar-refractivity contribution in [2.75, 3.05) is 0 Å². The number of rotatable bonds is 2. The third-order valence-electron chi connectivity index (χ3n) is 1.92. The van der Waals surface area contributed by atoms with Crippen LogP contribution < -0.4 is 5.73 Å². The highest BCUT2D eigenvalue weighted by atomic mass is 35.5. The van der Waals surface area contributed by atoms with E-state index in [4.69, 9.17) is 17.3 Å². The third kappa shape index (κ3) is 1.45. The first kappa shape index (κ1) is 8.99. The second-order valence-corrected chi connectivity index (χ2v) is 4.35. The molecule has 0 aliphatic carbocycles. The Morgan fingerprint density at radius 2 is 2.54 bits per heavy atom. The summed E-state index contributed by atoms with van der Waals surface area (Å²) >= 11 is 7.39. The molecule has 0 saturated carbocycles. The summed E-state index contributed by atoms with van der Waals surface area (Å²) in [5, 5.41) is 4.22. The summed E-state index contributed by atoms with van der Waals surface area (Å²) in [4.78, 5) is 0.997. The molecule has 2 aromatic rings. The van der Waals surface area contributed by atoms with Gasteiger partial charge in [0.15, 0.2) is 0 Å². The molecule has 2 rings (SSSR count). The lowest BCUT2D eigenvalue weighted by molar-refractivity contribution is 0.684. The molecular weight excluding hydrogens is 206 g/mol. The van der Waals surface area contributed by atoms with Gasteiger partial charge in [0.1, 0.15) is 5.50 Å². The molecule has 0 saturated heterocycles. The van der Waals surface area contributed by atoms with Gasteiger partial charge in [0.05, 0.1) is 16.4 Å². The first-order valence-electron chi connectivity index (χ1n) is 4.07. The van der Waals surface area contributed by atoms with Crippen LogP contribution in [-0.2, 0) is 6.54 Å². The molecule has 0 fully saturated rings. The molecule has 0 bridgehead atoms. The van der Waals surface area contributed by atoms with Crippen molar-refractivity contribution >= 4 is 33.2 Å². The molecule has 2 N–H and O–H groups in total. The standard InChI is InChI=1S/C8H10ClN3S/c1-2-12-5-3-6(8(9)10)13-7(5)4-11-12/h3-4,8H,2,10H2,1H3. The Morgan fingerprint density at radius 1 is 1.77 bits per heavy atom. The summed E-state index contributed by atoms with van der Waals surface area (Å²) < 4.78 is 3.09. The van der Waals surface area contributed by atoms with Gasteiger partial charge >= 0.3 is 0 Å². The lowest BCUT2D eigenvalue weighted by Gasteiger charge is -1.96. The van der Waals surface area contributed by atoms with Crippen LogP contribution >= 0.6 is 22.9 Å². The zero-order chi connectivity index (χ0) is 9.42. The summed E-state index contributed by atoms with van der Waals surface area (Å²) in [6.45, 7) is 2.93. The van der Waals surface area contributed by atoms with Gasteiger partial charge < -0.3 is 5.73 Å². The fourth-order valence-corrected chi connectivity index (χ4v) is 2.38. The molecule has 0 aromatic carbocycles. The highest BCUT2D eigenvalue weighted by Gasteiger charge is 2.10. The quantitative estimate of drug-likeness (QED) is 0.617. The molecule has 1 atom stereocenters. The van der Waals surface area contributed by atoms with Crippen molar-refractivity contribution in [3.05, 3.63) is 17.1 Å². The molecule has 2 aromatic heterocycles. The van der Waals surface area contributed by atoms with E-state index in [-0.39, 0.29) is 0 Å². The van der Waals surface area contributed by atoms with Crippen molar-refractivity contribution in [2.45, 2.75) is 19.0 Å². The summed E-state index contributed by atoms with van der Waals surface area (Å²) in [5.41, 5.74) is 6.30. The fraction of sp³-hybridized carbons (Fsp3) is 0.375. The van der Waals surface area contributed by atoms with Gasteiger partial charge in [-0.3, -0.25) is 4.68 Å². The minimum absolute atomic E-state index is 0.400. The lowest BCUT2D eigenvalue weighted by Crippen LogP contribution is -1.99. The minimum Gasteiger partial charge on any atom is -0.311 e. The van der Waals surface area contributed by atoms with E-state index < -0.39 is 5.50 Å². The topological polar surface area (TPSA) is 43.8 Å². The number of hydrogen-bond acceptors (Lipinski definition) is 3. The fourth-order valence-electron chi connectivity index (χ4n) is 1.28. The van der Waals surface area contributed by atoms with E-state index in [9.17, 15) is 0 Å². The summed E-state index contributed by atoms with van der Waals surface area (Å²) in [6.07, 6.45) is 1.85. The third-order valence-corrected chi connectivity index (χ3v) is 3.43. The SMILES string of the molecule is CCn1ncc2sc(C(N)Cl)cc21. The van der Waals surface area contributed by atoms with Crippen molar-refractivity contribution in [3.63, 3.8) is 0 Å². The van der Waals surface area contributed by atoms with E-state index in [2.05, 4.69) is 12.0 Å². The normalized spacial score (nSPS) is 13.8. The maximum atomic E-state index is 5.79. The molecule has 13 heavy (non-hydrogen) atoms. The number of aromatic nitrogens is 2. The predicted octanol–water partition coefficient (Wildman–Crippen LogP) is 2.31. The Hall–Kier alpha value is -0.580. The van der Waals surface area contributed by atoms with Gasteiger partial charge in [0, 0.05) is 11.4 Å². The number of aryl methyl sites for hydroxylation is 1. The maximum absolute atomic E-state index is 5.79. The number of halogens is 1. The molecule has 2 heterocycles. The molecule has 0 amide bonds. The van der Waals surface area contributed by atoms with Gasteiger partial charge in [-0.2, -0.15) is 5.10 Å². The largest absolute Gasteiger partial charge is 0.311 e. The molecule has 5 heteroatoms. The molecule has 1 unspecified atom stereocenters. The summed E-state index contributed by atoms with van der Waals surface area (Å²) in [5.74, 6) is 0. The van der Waals surface area contributed by atoms with Crippen LogP contribution in [0.25, 0.3) is 10.2 Å². The highest BCUT2D eigenvalue weighted by Crippen LogP contribution is 2.30.